The zero-order valence-electron chi connectivity index (χ0n) is 25.3. The van der Waals surface area contributed by atoms with Gasteiger partial charge in [0.25, 0.3) is 11.8 Å². The molecule has 2 aliphatic heterocycles. The molecule has 4 aromatic carbocycles. The van der Waals surface area contributed by atoms with Crippen molar-refractivity contribution in [1.29, 1.82) is 0 Å². The minimum atomic E-state index is -2.15. The predicted octanol–water partition coefficient (Wildman–Crippen LogP) is 7.10. The molecule has 4 amide bonds. The van der Waals surface area contributed by atoms with Crippen molar-refractivity contribution in [3.05, 3.63) is 120 Å². The number of phenols is 1. The number of carbonyl (C=O) groups is 4. The molecule has 2 saturated heterocycles. The van der Waals surface area contributed by atoms with E-state index >= 15 is 0 Å². The van der Waals surface area contributed by atoms with Crippen molar-refractivity contribution in [3.8, 4) is 5.75 Å². The number of anilines is 2. The molecule has 4 aliphatic rings. The van der Waals surface area contributed by atoms with E-state index in [4.69, 9.17) is 23.2 Å². The van der Waals surface area contributed by atoms with E-state index in [1.165, 1.54) is 17.0 Å². The summed E-state index contributed by atoms with van der Waals surface area (Å²) in [4.78, 5) is 55.0. The van der Waals surface area contributed by atoms with Gasteiger partial charge in [0.1, 0.15) is 11.6 Å². The standard InChI is InChI=1S/C38H27Cl2FN2O5/c1-2-20-7-12-23(13-8-20)42-33(45)27-18-17-26-29(30(27)34(42)46)19-37(39)35(47)43(24-14-10-22(41)11-15-24)36(48)38(37,40)31(26)28-16-9-21-5-3-4-6-25(21)32(28)44/h2-17,27,29-31,44H,1,18-19H2. The Hall–Kier alpha value is -4.79. The third kappa shape index (κ3) is 3.93. The van der Waals surface area contributed by atoms with E-state index in [1.54, 1.807) is 54.6 Å². The van der Waals surface area contributed by atoms with Crippen LogP contribution in [0.2, 0.25) is 0 Å². The summed E-state index contributed by atoms with van der Waals surface area (Å²) in [6, 6.07) is 22.3. The van der Waals surface area contributed by atoms with Crippen LogP contribution in [0.25, 0.3) is 16.8 Å². The van der Waals surface area contributed by atoms with Gasteiger partial charge in [-0.05, 0) is 66.1 Å². The molecule has 1 saturated carbocycles. The monoisotopic (exact) mass is 680 g/mol. The molecule has 48 heavy (non-hydrogen) atoms. The molecular formula is C38H27Cl2FN2O5. The van der Waals surface area contributed by atoms with Gasteiger partial charge in [0.05, 0.1) is 23.2 Å². The molecule has 2 heterocycles. The van der Waals surface area contributed by atoms with Crippen LogP contribution >= 0.6 is 23.2 Å². The molecule has 2 aliphatic carbocycles. The molecule has 240 valence electrons. The topological polar surface area (TPSA) is 95.0 Å². The first-order chi connectivity index (χ1) is 23.0. The summed E-state index contributed by atoms with van der Waals surface area (Å²) in [5, 5.41) is 13.0. The molecule has 3 fully saturated rings. The molecule has 7 nitrogen and oxygen atoms in total. The van der Waals surface area contributed by atoms with Crippen LogP contribution in [0.15, 0.2) is 103 Å². The fourth-order valence-corrected chi connectivity index (χ4v) is 9.19. The van der Waals surface area contributed by atoms with E-state index in [0.717, 1.165) is 28.0 Å². The quantitative estimate of drug-likeness (QED) is 0.141. The predicted molar refractivity (Wildman–Crippen MR) is 181 cm³/mol. The minimum Gasteiger partial charge on any atom is -0.507 e. The number of imide groups is 2. The van der Waals surface area contributed by atoms with E-state index in [2.05, 4.69) is 6.58 Å². The Morgan fingerprint density at radius 2 is 1.48 bits per heavy atom. The number of halogens is 3. The number of alkyl halides is 2. The first kappa shape index (κ1) is 30.5. The van der Waals surface area contributed by atoms with Crippen LogP contribution in [0.1, 0.15) is 29.9 Å². The number of allylic oxidation sites excluding steroid dienone is 2. The maximum absolute atomic E-state index is 14.6. The molecular weight excluding hydrogens is 654 g/mol. The Bertz CT molecular complexity index is 2130. The van der Waals surface area contributed by atoms with Gasteiger partial charge >= 0.3 is 0 Å². The lowest BCUT2D eigenvalue weighted by atomic mass is 9.56. The SMILES string of the molecule is C=Cc1ccc(N2C(=O)C3CC=C4C(CC5(Cl)C(=O)N(c6ccc(F)cc6)C(=O)C5(Cl)C4c4ccc5ccccc5c4O)C3C2=O)cc1. The number of rotatable bonds is 4. The number of aromatic hydroxyl groups is 1. The molecule has 1 N–H and O–H groups in total. The second-order valence-corrected chi connectivity index (χ2v) is 14.0. The fourth-order valence-electron chi connectivity index (χ4n) is 8.26. The number of hydrogen-bond acceptors (Lipinski definition) is 5. The second-order valence-electron chi connectivity index (χ2n) is 12.8. The second kappa shape index (κ2) is 10.6. The van der Waals surface area contributed by atoms with Crippen molar-refractivity contribution >= 4 is 75.1 Å². The third-order valence-corrected chi connectivity index (χ3v) is 11.9. The largest absolute Gasteiger partial charge is 0.507 e. The zero-order chi connectivity index (χ0) is 33.7. The van der Waals surface area contributed by atoms with Gasteiger partial charge in [-0.3, -0.25) is 24.1 Å². The summed E-state index contributed by atoms with van der Waals surface area (Å²) in [5.74, 6) is -6.74. The van der Waals surface area contributed by atoms with Crippen LogP contribution in [-0.4, -0.2) is 38.5 Å². The minimum absolute atomic E-state index is 0.0819. The number of fused-ring (bicyclic) bond motifs is 5. The number of carbonyl (C=O) groups excluding carboxylic acids is 4. The maximum Gasteiger partial charge on any atom is 0.258 e. The zero-order valence-corrected chi connectivity index (χ0v) is 26.8. The maximum atomic E-state index is 14.6. The van der Waals surface area contributed by atoms with Crippen LogP contribution in [0, 0.1) is 23.6 Å². The Kier molecular flexibility index (Phi) is 6.75. The highest BCUT2D eigenvalue weighted by molar-refractivity contribution is 6.58. The first-order valence-corrected chi connectivity index (χ1v) is 16.3. The van der Waals surface area contributed by atoms with E-state index in [0.29, 0.717) is 16.6 Å². The molecule has 4 aromatic rings. The van der Waals surface area contributed by atoms with Crippen molar-refractivity contribution in [1.82, 2.24) is 0 Å². The third-order valence-electron chi connectivity index (χ3n) is 10.5. The number of hydrogen-bond donors (Lipinski definition) is 1. The smallest absolute Gasteiger partial charge is 0.258 e. The average molecular weight is 682 g/mol. The lowest BCUT2D eigenvalue weighted by Gasteiger charge is -2.50. The Balaban J connectivity index is 1.31. The Labute approximate surface area is 284 Å². The van der Waals surface area contributed by atoms with Gasteiger partial charge in [0, 0.05) is 16.9 Å². The highest BCUT2D eigenvalue weighted by Crippen LogP contribution is 2.66. The molecule has 0 radical (unpaired) electrons. The highest BCUT2D eigenvalue weighted by atomic mass is 35.5. The highest BCUT2D eigenvalue weighted by Gasteiger charge is 2.77. The van der Waals surface area contributed by atoms with Gasteiger partial charge in [-0.2, -0.15) is 0 Å². The van der Waals surface area contributed by atoms with Crippen molar-refractivity contribution < 1.29 is 28.7 Å². The fraction of sp³-hybridized carbons (Fsp3) is 0.211. The number of amides is 4. The Morgan fingerprint density at radius 3 is 2.19 bits per heavy atom. The van der Waals surface area contributed by atoms with Crippen molar-refractivity contribution in [2.24, 2.45) is 17.8 Å². The van der Waals surface area contributed by atoms with Gasteiger partial charge in [-0.25, -0.2) is 9.29 Å². The van der Waals surface area contributed by atoms with E-state index in [9.17, 15) is 28.7 Å². The van der Waals surface area contributed by atoms with E-state index in [-0.39, 0.29) is 35.7 Å². The van der Waals surface area contributed by atoms with Gasteiger partial charge in [0.2, 0.25) is 11.8 Å². The van der Waals surface area contributed by atoms with Crippen LogP contribution in [0.3, 0.4) is 0 Å². The normalized spacial score (nSPS) is 29.5. The molecule has 0 spiro atoms. The van der Waals surface area contributed by atoms with Crippen LogP contribution in [-0.2, 0) is 19.2 Å². The number of benzene rings is 4. The molecule has 6 unspecified atom stereocenters. The summed E-state index contributed by atoms with van der Waals surface area (Å²) in [7, 11) is 0. The van der Waals surface area contributed by atoms with E-state index in [1.807, 2.05) is 18.2 Å². The van der Waals surface area contributed by atoms with E-state index < -0.39 is 57.0 Å². The Morgan fingerprint density at radius 1 is 0.812 bits per heavy atom. The van der Waals surface area contributed by atoms with Crippen LogP contribution in [0.5, 0.6) is 5.75 Å². The summed E-state index contributed by atoms with van der Waals surface area (Å²) in [6.07, 6.45) is 3.43. The van der Waals surface area contributed by atoms with Gasteiger partial charge < -0.3 is 5.11 Å². The molecule has 10 heteroatoms. The number of nitrogens with zero attached hydrogens (tertiary/aromatic N) is 2. The van der Waals surface area contributed by atoms with Gasteiger partial charge in [-0.15, -0.1) is 23.2 Å². The van der Waals surface area contributed by atoms with Gasteiger partial charge in [-0.1, -0.05) is 72.8 Å². The van der Waals surface area contributed by atoms with Crippen molar-refractivity contribution in [2.45, 2.75) is 28.5 Å². The van der Waals surface area contributed by atoms with Crippen molar-refractivity contribution in [3.63, 3.8) is 0 Å². The average Bonchev–Trinajstić information content (AvgIpc) is 3.43. The summed E-state index contributed by atoms with van der Waals surface area (Å²) in [5.41, 5.74) is 2.13. The van der Waals surface area contributed by atoms with Crippen LogP contribution in [0.4, 0.5) is 15.8 Å². The van der Waals surface area contributed by atoms with Crippen molar-refractivity contribution in [2.75, 3.05) is 9.80 Å². The van der Waals surface area contributed by atoms with Crippen LogP contribution < -0.4 is 9.80 Å². The summed E-state index contributed by atoms with van der Waals surface area (Å²) >= 11 is 14.9. The lowest BCUT2D eigenvalue weighted by molar-refractivity contribution is -0.125. The summed E-state index contributed by atoms with van der Waals surface area (Å²) in [6.45, 7) is 3.76. The van der Waals surface area contributed by atoms with Gasteiger partial charge in [0.15, 0.2) is 9.75 Å². The molecule has 8 rings (SSSR count). The molecule has 0 bridgehead atoms. The lowest BCUT2D eigenvalue weighted by Crippen LogP contribution is -2.60. The molecule has 6 atom stereocenters. The summed E-state index contributed by atoms with van der Waals surface area (Å²) < 4.78 is 13.9. The number of phenolic OH excluding ortho intramolecular Hbond substituents is 1. The first-order valence-electron chi connectivity index (χ1n) is 15.5. The molecule has 0 aromatic heterocycles.